The Morgan fingerprint density at radius 1 is 1.15 bits per heavy atom. The van der Waals surface area contributed by atoms with Crippen LogP contribution < -0.4 is 5.32 Å². The van der Waals surface area contributed by atoms with Crippen molar-refractivity contribution in [2.75, 3.05) is 18.5 Å². The maximum Gasteiger partial charge on any atom is 0.270 e. The number of nitro groups is 1. The molecule has 3 N–H and O–H groups in total. The van der Waals surface area contributed by atoms with Crippen LogP contribution in [0.5, 0.6) is 0 Å². The minimum atomic E-state index is -0.929. The first-order chi connectivity index (χ1) is 12.1. The molecule has 0 fully saturated rings. The molecule has 2 aromatic carbocycles. The lowest BCUT2D eigenvalue weighted by Gasteiger charge is -2.14. The smallest absolute Gasteiger partial charge is 0.270 e. The van der Waals surface area contributed by atoms with Gasteiger partial charge in [0.2, 0.25) is 0 Å². The largest absolute Gasteiger partial charge is 0.394 e. The average molecular weight is 376 g/mol. The zero-order valence-electron chi connectivity index (χ0n) is 13.7. The number of hydrogen-bond donors (Lipinski definition) is 3. The molecule has 1 aromatic heterocycles. The first-order valence-electron chi connectivity index (χ1n) is 7.76. The van der Waals surface area contributed by atoms with Crippen molar-refractivity contribution in [1.29, 1.82) is 0 Å². The van der Waals surface area contributed by atoms with Crippen molar-refractivity contribution in [3.63, 3.8) is 0 Å². The van der Waals surface area contributed by atoms with Crippen LogP contribution in [-0.4, -0.2) is 39.4 Å². The van der Waals surface area contributed by atoms with Gasteiger partial charge in [0, 0.05) is 35.3 Å². The third-order valence-corrected chi connectivity index (χ3v) is 3.81. The van der Waals surface area contributed by atoms with Crippen LogP contribution in [0.3, 0.4) is 0 Å². The molecule has 136 valence electrons. The maximum absolute atomic E-state index is 11.0. The highest BCUT2D eigenvalue weighted by Gasteiger charge is 2.13. The maximum atomic E-state index is 11.0. The number of benzene rings is 2. The summed E-state index contributed by atoms with van der Waals surface area (Å²) in [7, 11) is 0. The second-order valence-electron chi connectivity index (χ2n) is 5.60. The number of aliphatic hydroxyl groups excluding tert-OH is 2. The minimum absolute atomic E-state index is 0. The first kappa shape index (κ1) is 19.6. The molecule has 0 spiro atoms. The molecule has 1 unspecified atom stereocenters. The number of hydrogen-bond acceptors (Lipinski definition) is 6. The Balaban J connectivity index is 0.00000243. The van der Waals surface area contributed by atoms with E-state index in [1.165, 1.54) is 12.1 Å². The van der Waals surface area contributed by atoms with E-state index in [0.29, 0.717) is 22.3 Å². The van der Waals surface area contributed by atoms with Crippen LogP contribution in [0.1, 0.15) is 0 Å². The Bertz CT molecular complexity index is 906. The summed E-state index contributed by atoms with van der Waals surface area (Å²) in [5.41, 5.74) is 2.80. The second kappa shape index (κ2) is 8.57. The zero-order chi connectivity index (χ0) is 17.8. The van der Waals surface area contributed by atoms with Crippen molar-refractivity contribution in [2.45, 2.75) is 6.10 Å². The fraction of sp³-hybridized carbons (Fsp3) is 0.167. The van der Waals surface area contributed by atoms with Gasteiger partial charge >= 0.3 is 0 Å². The molecule has 0 saturated carbocycles. The van der Waals surface area contributed by atoms with Crippen molar-refractivity contribution in [3.05, 3.63) is 64.7 Å². The third-order valence-electron chi connectivity index (χ3n) is 3.81. The van der Waals surface area contributed by atoms with Gasteiger partial charge in [0.25, 0.3) is 5.69 Å². The molecule has 26 heavy (non-hydrogen) atoms. The van der Waals surface area contributed by atoms with Gasteiger partial charge in [-0.3, -0.25) is 10.1 Å². The number of anilines is 1. The van der Waals surface area contributed by atoms with Gasteiger partial charge in [0.15, 0.2) is 0 Å². The number of nitrogens with zero attached hydrogens (tertiary/aromatic N) is 2. The zero-order valence-corrected chi connectivity index (χ0v) is 14.5. The summed E-state index contributed by atoms with van der Waals surface area (Å²) in [4.78, 5) is 15.2. The summed E-state index contributed by atoms with van der Waals surface area (Å²) in [6.07, 6.45) is -0.929. The number of nitrogens with one attached hydrogen (secondary N) is 1. The monoisotopic (exact) mass is 375 g/mol. The Morgan fingerprint density at radius 2 is 1.88 bits per heavy atom. The summed E-state index contributed by atoms with van der Waals surface area (Å²) in [5, 5.41) is 33.2. The average Bonchev–Trinajstić information content (AvgIpc) is 2.65. The highest BCUT2D eigenvalue weighted by molar-refractivity contribution is 5.95. The molecule has 1 atom stereocenters. The normalized spacial score (nSPS) is 11.6. The van der Waals surface area contributed by atoms with E-state index in [4.69, 9.17) is 5.11 Å². The minimum Gasteiger partial charge on any atom is -0.394 e. The number of nitro benzene ring substituents is 1. The number of pyridine rings is 1. The van der Waals surface area contributed by atoms with Gasteiger partial charge in [-0.15, -0.1) is 12.4 Å². The van der Waals surface area contributed by atoms with E-state index >= 15 is 0 Å². The lowest BCUT2D eigenvalue weighted by molar-refractivity contribution is -0.384. The van der Waals surface area contributed by atoms with Crippen LogP contribution in [0.25, 0.3) is 22.2 Å². The van der Waals surface area contributed by atoms with Gasteiger partial charge in [0.05, 0.1) is 28.8 Å². The van der Waals surface area contributed by atoms with E-state index in [1.54, 1.807) is 12.1 Å². The van der Waals surface area contributed by atoms with Crippen molar-refractivity contribution in [1.82, 2.24) is 4.98 Å². The molecule has 1 heterocycles. The standard InChI is InChI=1S/C18H17N3O4.ClH/c22-11-14(23)10-19-18-9-17(12-4-2-1-3-5-12)20-16-7-6-13(21(24)25)8-15(16)18;/h1-9,14,22-23H,10-11H2,(H,19,20);1H. The van der Waals surface area contributed by atoms with Gasteiger partial charge in [0.1, 0.15) is 0 Å². The van der Waals surface area contributed by atoms with Gasteiger partial charge in [-0.05, 0) is 12.1 Å². The van der Waals surface area contributed by atoms with E-state index in [0.717, 1.165) is 5.56 Å². The lowest BCUT2D eigenvalue weighted by atomic mass is 10.1. The second-order valence-corrected chi connectivity index (χ2v) is 5.60. The summed E-state index contributed by atoms with van der Waals surface area (Å²) < 4.78 is 0. The Kier molecular flexibility index (Phi) is 6.46. The predicted octanol–water partition coefficient (Wildman–Crippen LogP) is 3.00. The number of rotatable bonds is 6. The van der Waals surface area contributed by atoms with E-state index in [2.05, 4.69) is 10.3 Å². The van der Waals surface area contributed by atoms with Crippen molar-refractivity contribution >= 4 is 34.7 Å². The molecule has 8 heteroatoms. The van der Waals surface area contributed by atoms with Gasteiger partial charge < -0.3 is 15.5 Å². The summed E-state index contributed by atoms with van der Waals surface area (Å²) in [6.45, 7) is -0.256. The SMILES string of the molecule is Cl.O=[N+]([O-])c1ccc2nc(-c3ccccc3)cc(NCC(O)CO)c2c1. The number of halogens is 1. The van der Waals surface area contributed by atoms with Gasteiger partial charge in [-0.25, -0.2) is 4.98 Å². The van der Waals surface area contributed by atoms with Crippen molar-refractivity contribution < 1.29 is 15.1 Å². The van der Waals surface area contributed by atoms with E-state index in [-0.39, 0.29) is 31.2 Å². The molecule has 3 aromatic rings. The molecule has 3 rings (SSSR count). The number of aromatic nitrogens is 1. The highest BCUT2D eigenvalue weighted by Crippen LogP contribution is 2.30. The molecule has 0 amide bonds. The van der Waals surface area contributed by atoms with Crippen LogP contribution in [0.4, 0.5) is 11.4 Å². The molecule has 0 radical (unpaired) electrons. The van der Waals surface area contributed by atoms with E-state index in [9.17, 15) is 15.2 Å². The molecule has 7 nitrogen and oxygen atoms in total. The highest BCUT2D eigenvalue weighted by atomic mass is 35.5. The number of aliphatic hydroxyl groups is 2. The van der Waals surface area contributed by atoms with Gasteiger partial charge in [-0.2, -0.15) is 0 Å². The Morgan fingerprint density at radius 3 is 2.54 bits per heavy atom. The summed E-state index contributed by atoms with van der Waals surface area (Å²) in [6, 6.07) is 15.8. The number of non-ortho nitro benzene ring substituents is 1. The van der Waals surface area contributed by atoms with Crippen molar-refractivity contribution in [2.24, 2.45) is 0 Å². The molecule has 0 bridgehead atoms. The predicted molar refractivity (Wildman–Crippen MR) is 103 cm³/mol. The molecular formula is C18H18ClN3O4. The van der Waals surface area contributed by atoms with Crippen LogP contribution >= 0.6 is 12.4 Å². The Labute approximate surface area is 155 Å². The summed E-state index contributed by atoms with van der Waals surface area (Å²) in [5.74, 6) is 0. The lowest BCUT2D eigenvalue weighted by Crippen LogP contribution is -2.23. The van der Waals surface area contributed by atoms with Crippen molar-refractivity contribution in [3.8, 4) is 11.3 Å². The van der Waals surface area contributed by atoms with Crippen LogP contribution in [0.15, 0.2) is 54.6 Å². The molecule has 0 aliphatic rings. The van der Waals surface area contributed by atoms with Crippen LogP contribution in [0.2, 0.25) is 0 Å². The summed E-state index contributed by atoms with van der Waals surface area (Å²) >= 11 is 0. The molecule has 0 aliphatic carbocycles. The molecule has 0 saturated heterocycles. The van der Waals surface area contributed by atoms with E-state index < -0.39 is 11.0 Å². The Hall–Kier alpha value is -2.74. The third kappa shape index (κ3) is 4.26. The fourth-order valence-electron chi connectivity index (χ4n) is 2.52. The number of fused-ring (bicyclic) bond motifs is 1. The fourth-order valence-corrected chi connectivity index (χ4v) is 2.52. The van der Waals surface area contributed by atoms with Crippen LogP contribution in [0, 0.1) is 10.1 Å². The quantitative estimate of drug-likeness (QED) is 0.451. The van der Waals surface area contributed by atoms with E-state index in [1.807, 2.05) is 30.3 Å². The first-order valence-corrected chi connectivity index (χ1v) is 7.76. The molecule has 0 aliphatic heterocycles. The molecular weight excluding hydrogens is 358 g/mol. The van der Waals surface area contributed by atoms with Crippen LogP contribution in [-0.2, 0) is 0 Å². The van der Waals surface area contributed by atoms with Gasteiger partial charge in [-0.1, -0.05) is 30.3 Å². The topological polar surface area (TPSA) is 109 Å².